The number of hydrogen-bond donors (Lipinski definition) is 0. The van der Waals surface area contributed by atoms with Crippen LogP contribution in [0.1, 0.15) is 52.1 Å². The topological polar surface area (TPSA) is 46.6 Å². The zero-order chi connectivity index (χ0) is 16.5. The molecule has 1 heterocycles. The summed E-state index contributed by atoms with van der Waals surface area (Å²) in [5, 5.41) is 0. The molecule has 1 atom stereocenters. The molecule has 1 aliphatic heterocycles. The van der Waals surface area contributed by atoms with E-state index >= 15 is 0 Å². The van der Waals surface area contributed by atoms with Gasteiger partial charge in [0, 0.05) is 18.5 Å². The third-order valence-corrected chi connectivity index (χ3v) is 5.80. The summed E-state index contributed by atoms with van der Waals surface area (Å²) in [6.07, 6.45) is 1.21. The zero-order valence-electron chi connectivity index (χ0n) is 13.6. The third-order valence-electron chi connectivity index (χ3n) is 3.92. The van der Waals surface area contributed by atoms with Gasteiger partial charge in [0.1, 0.15) is 17.2 Å². The predicted molar refractivity (Wildman–Crippen MR) is 84.9 cm³/mol. The van der Waals surface area contributed by atoms with Crippen LogP contribution in [0.25, 0.3) is 0 Å². The number of sulfonamides is 1. The Bertz CT molecular complexity index is 643. The molecule has 22 heavy (non-hydrogen) atoms. The van der Waals surface area contributed by atoms with Crippen LogP contribution in [-0.4, -0.2) is 30.6 Å². The minimum atomic E-state index is -3.37. The van der Waals surface area contributed by atoms with Crippen molar-refractivity contribution in [2.75, 3.05) is 12.3 Å². The number of fused-ring (bicyclic) bond motifs is 1. The van der Waals surface area contributed by atoms with Gasteiger partial charge in [0.15, 0.2) is 0 Å². The predicted octanol–water partition coefficient (Wildman–Crippen LogP) is 3.49. The zero-order valence-corrected chi connectivity index (χ0v) is 14.4. The normalized spacial score (nSPS) is 20.5. The average molecular weight is 329 g/mol. The molecule has 0 saturated carbocycles. The summed E-state index contributed by atoms with van der Waals surface area (Å²) in [7, 11) is -3.37. The van der Waals surface area contributed by atoms with Crippen LogP contribution in [-0.2, 0) is 10.0 Å². The summed E-state index contributed by atoms with van der Waals surface area (Å²) in [5.41, 5.74) is 0.120. The fourth-order valence-corrected chi connectivity index (χ4v) is 4.29. The Kier molecular flexibility index (Phi) is 4.82. The van der Waals surface area contributed by atoms with E-state index in [0.29, 0.717) is 30.7 Å². The first-order valence-electron chi connectivity index (χ1n) is 7.68. The van der Waals surface area contributed by atoms with E-state index in [1.165, 1.54) is 16.4 Å². The van der Waals surface area contributed by atoms with Gasteiger partial charge < -0.3 is 4.74 Å². The van der Waals surface area contributed by atoms with Crippen LogP contribution in [0.3, 0.4) is 0 Å². The average Bonchev–Trinajstić information content (AvgIpc) is 2.44. The van der Waals surface area contributed by atoms with E-state index in [2.05, 4.69) is 0 Å². The summed E-state index contributed by atoms with van der Waals surface area (Å²) in [6, 6.07) is 3.93. The van der Waals surface area contributed by atoms with Crippen molar-refractivity contribution in [2.45, 2.75) is 52.2 Å². The van der Waals surface area contributed by atoms with E-state index in [0.717, 1.165) is 0 Å². The highest BCUT2D eigenvalue weighted by molar-refractivity contribution is 7.89. The molecule has 0 fully saturated rings. The Morgan fingerprint density at radius 2 is 2.05 bits per heavy atom. The highest BCUT2D eigenvalue weighted by Crippen LogP contribution is 2.43. The van der Waals surface area contributed by atoms with Gasteiger partial charge in [-0.25, -0.2) is 12.8 Å². The van der Waals surface area contributed by atoms with Gasteiger partial charge in [0.25, 0.3) is 0 Å². The molecule has 0 bridgehead atoms. The number of halogens is 1. The second-order valence-corrected chi connectivity index (χ2v) is 8.49. The Hall–Kier alpha value is -1.14. The molecule has 124 valence electrons. The van der Waals surface area contributed by atoms with Gasteiger partial charge >= 0.3 is 0 Å². The number of rotatable bonds is 5. The van der Waals surface area contributed by atoms with Crippen LogP contribution in [0.5, 0.6) is 5.75 Å². The van der Waals surface area contributed by atoms with Crippen LogP contribution in [0, 0.1) is 5.82 Å². The van der Waals surface area contributed by atoms with Crippen molar-refractivity contribution in [3.8, 4) is 5.75 Å². The molecule has 0 amide bonds. The molecule has 1 unspecified atom stereocenters. The summed E-state index contributed by atoms with van der Waals surface area (Å²) >= 11 is 0. The number of hydrogen-bond acceptors (Lipinski definition) is 3. The monoisotopic (exact) mass is 329 g/mol. The Morgan fingerprint density at radius 1 is 1.36 bits per heavy atom. The quantitative estimate of drug-likeness (QED) is 0.831. The van der Waals surface area contributed by atoms with E-state index < -0.39 is 15.6 Å². The van der Waals surface area contributed by atoms with Gasteiger partial charge in [-0.05, 0) is 45.4 Å². The Labute approximate surface area is 132 Å². The molecular formula is C16H24FNO3S. The summed E-state index contributed by atoms with van der Waals surface area (Å²) in [5.74, 6) is 0.225. The summed E-state index contributed by atoms with van der Waals surface area (Å²) in [6.45, 7) is 7.85. The van der Waals surface area contributed by atoms with Crippen molar-refractivity contribution in [1.82, 2.24) is 4.31 Å². The van der Waals surface area contributed by atoms with Gasteiger partial charge in [-0.3, -0.25) is 0 Å². The maximum atomic E-state index is 13.7. The number of ether oxygens (including phenoxy) is 1. The standard InChI is InChI=1S/C16H24FNO3S/c1-5-9-18(22(19,20)6-2)14-11-16(3,4)21-15-8-7-12(17)10-13(14)15/h7-8,10,14H,5-6,9,11H2,1-4H3. The lowest BCUT2D eigenvalue weighted by Gasteiger charge is -2.41. The smallest absolute Gasteiger partial charge is 0.214 e. The van der Waals surface area contributed by atoms with E-state index in [1.807, 2.05) is 20.8 Å². The molecule has 1 aromatic carbocycles. The van der Waals surface area contributed by atoms with Gasteiger partial charge in [-0.1, -0.05) is 6.92 Å². The lowest BCUT2D eigenvalue weighted by atomic mass is 9.89. The van der Waals surface area contributed by atoms with Crippen LogP contribution >= 0.6 is 0 Å². The molecule has 4 nitrogen and oxygen atoms in total. The molecule has 0 aromatic heterocycles. The van der Waals surface area contributed by atoms with Crippen LogP contribution < -0.4 is 4.74 Å². The molecule has 0 radical (unpaired) electrons. The maximum absolute atomic E-state index is 13.7. The van der Waals surface area contributed by atoms with E-state index in [1.54, 1.807) is 13.0 Å². The van der Waals surface area contributed by atoms with Gasteiger partial charge in [-0.15, -0.1) is 0 Å². The van der Waals surface area contributed by atoms with Crippen molar-refractivity contribution in [3.05, 3.63) is 29.6 Å². The van der Waals surface area contributed by atoms with Crippen molar-refractivity contribution >= 4 is 10.0 Å². The van der Waals surface area contributed by atoms with Gasteiger partial charge in [0.2, 0.25) is 10.0 Å². The molecule has 2 rings (SSSR count). The Morgan fingerprint density at radius 3 is 2.64 bits per heavy atom. The molecule has 0 spiro atoms. The fraction of sp³-hybridized carbons (Fsp3) is 0.625. The molecule has 0 saturated heterocycles. The van der Waals surface area contributed by atoms with Crippen LogP contribution in [0.15, 0.2) is 18.2 Å². The lowest BCUT2D eigenvalue weighted by molar-refractivity contribution is 0.0500. The number of nitrogens with zero attached hydrogens (tertiary/aromatic N) is 1. The van der Waals surface area contributed by atoms with Gasteiger partial charge in [-0.2, -0.15) is 4.31 Å². The molecule has 0 aliphatic carbocycles. The molecule has 1 aliphatic rings. The van der Waals surface area contributed by atoms with Gasteiger partial charge in [0.05, 0.1) is 11.8 Å². The highest BCUT2D eigenvalue weighted by Gasteiger charge is 2.40. The van der Waals surface area contributed by atoms with Crippen molar-refractivity contribution in [3.63, 3.8) is 0 Å². The minimum absolute atomic E-state index is 0.0371. The molecular weight excluding hydrogens is 305 g/mol. The number of benzene rings is 1. The second-order valence-electron chi connectivity index (χ2n) is 6.28. The first-order chi connectivity index (χ1) is 10.2. The maximum Gasteiger partial charge on any atom is 0.214 e. The molecule has 6 heteroatoms. The third kappa shape index (κ3) is 3.43. The molecule has 0 N–H and O–H groups in total. The van der Waals surface area contributed by atoms with Crippen LogP contribution in [0.4, 0.5) is 4.39 Å². The second kappa shape index (κ2) is 6.16. The fourth-order valence-electron chi connectivity index (χ4n) is 2.92. The van der Waals surface area contributed by atoms with Crippen molar-refractivity contribution < 1.29 is 17.5 Å². The highest BCUT2D eigenvalue weighted by atomic mass is 32.2. The first kappa shape index (κ1) is 17.2. The van der Waals surface area contributed by atoms with Crippen LogP contribution in [0.2, 0.25) is 0 Å². The van der Waals surface area contributed by atoms with E-state index in [4.69, 9.17) is 4.74 Å². The summed E-state index contributed by atoms with van der Waals surface area (Å²) in [4.78, 5) is 0. The molecule has 1 aromatic rings. The summed E-state index contributed by atoms with van der Waals surface area (Å²) < 4.78 is 46.0. The lowest BCUT2D eigenvalue weighted by Crippen LogP contribution is -2.44. The van der Waals surface area contributed by atoms with E-state index in [-0.39, 0.29) is 17.6 Å². The van der Waals surface area contributed by atoms with Crippen molar-refractivity contribution in [2.24, 2.45) is 0 Å². The van der Waals surface area contributed by atoms with Crippen molar-refractivity contribution in [1.29, 1.82) is 0 Å². The van der Waals surface area contributed by atoms with E-state index in [9.17, 15) is 12.8 Å². The largest absolute Gasteiger partial charge is 0.487 e. The SMILES string of the molecule is CCCN(C1CC(C)(C)Oc2ccc(F)cc21)S(=O)(=O)CC. The Balaban J connectivity index is 2.54. The minimum Gasteiger partial charge on any atom is -0.487 e. The first-order valence-corrected chi connectivity index (χ1v) is 9.29.